The molecule has 6 nitrogen and oxygen atoms in total. The Morgan fingerprint density at radius 3 is 2.65 bits per heavy atom. The lowest BCUT2D eigenvalue weighted by molar-refractivity contribution is -0.133. The van der Waals surface area contributed by atoms with E-state index in [9.17, 15) is 4.79 Å². The quantitative estimate of drug-likeness (QED) is 0.436. The normalized spacial score (nSPS) is 11.0. The second kappa shape index (κ2) is 6.48. The predicted molar refractivity (Wildman–Crippen MR) is 98.9 cm³/mol. The van der Waals surface area contributed by atoms with Crippen LogP contribution in [0.15, 0.2) is 48.5 Å². The van der Waals surface area contributed by atoms with Crippen molar-refractivity contribution >= 4 is 17.0 Å². The highest BCUT2D eigenvalue weighted by Gasteiger charge is 2.13. The second-order valence-corrected chi connectivity index (χ2v) is 6.28. The Hall–Kier alpha value is -3.41. The van der Waals surface area contributed by atoms with Gasteiger partial charge in [0.05, 0.1) is 17.5 Å². The molecule has 4 rings (SSSR count). The Bertz CT molecular complexity index is 1040. The lowest BCUT2D eigenvalue weighted by atomic mass is 10.1. The summed E-state index contributed by atoms with van der Waals surface area (Å²) in [4.78, 5) is 19.9. The van der Waals surface area contributed by atoms with Gasteiger partial charge in [0.1, 0.15) is 11.4 Å². The number of aromatic nitrogens is 4. The molecule has 0 saturated carbocycles. The van der Waals surface area contributed by atoms with Crippen LogP contribution in [0.4, 0.5) is 0 Å². The summed E-state index contributed by atoms with van der Waals surface area (Å²) in [5.74, 6) is 0.853. The molecule has 0 aliphatic heterocycles. The van der Waals surface area contributed by atoms with E-state index in [1.54, 1.807) is 12.1 Å². The number of benzene rings is 2. The third-order valence-electron chi connectivity index (χ3n) is 4.28. The van der Waals surface area contributed by atoms with E-state index >= 15 is 0 Å². The molecule has 2 heterocycles. The van der Waals surface area contributed by atoms with Crippen LogP contribution in [0.25, 0.3) is 22.6 Å². The number of carbonyl (C=O) groups is 1. The lowest BCUT2D eigenvalue weighted by Gasteiger charge is -2.02. The zero-order valence-electron chi connectivity index (χ0n) is 14.5. The number of ether oxygens (including phenoxy) is 1. The maximum absolute atomic E-state index is 12.1. The van der Waals surface area contributed by atoms with Crippen LogP contribution in [-0.2, 0) is 11.2 Å². The third-order valence-corrected chi connectivity index (χ3v) is 4.28. The number of para-hydroxylation sites is 1. The molecule has 0 spiro atoms. The van der Waals surface area contributed by atoms with Gasteiger partial charge in [-0.05, 0) is 55.3 Å². The number of nitrogens with one attached hydrogen (secondary N) is 2. The van der Waals surface area contributed by atoms with E-state index in [-0.39, 0.29) is 12.4 Å². The molecule has 2 aromatic heterocycles. The largest absolute Gasteiger partial charge is 0.426 e. The van der Waals surface area contributed by atoms with Crippen molar-refractivity contribution in [3.63, 3.8) is 0 Å². The van der Waals surface area contributed by atoms with Crippen LogP contribution < -0.4 is 4.74 Å². The van der Waals surface area contributed by atoms with Crippen molar-refractivity contribution in [3.05, 3.63) is 65.4 Å². The fourth-order valence-electron chi connectivity index (χ4n) is 2.78. The predicted octanol–water partition coefficient (Wildman–Crippen LogP) is 3.72. The average molecular weight is 346 g/mol. The van der Waals surface area contributed by atoms with Crippen molar-refractivity contribution in [2.45, 2.75) is 20.3 Å². The van der Waals surface area contributed by atoms with Gasteiger partial charge in [0.15, 0.2) is 5.82 Å². The van der Waals surface area contributed by atoms with Gasteiger partial charge in [-0.25, -0.2) is 4.98 Å². The number of imidazole rings is 1. The van der Waals surface area contributed by atoms with Crippen molar-refractivity contribution in [2.75, 3.05) is 0 Å². The first-order valence-electron chi connectivity index (χ1n) is 8.36. The summed E-state index contributed by atoms with van der Waals surface area (Å²) in [6, 6.07) is 14.9. The molecule has 0 aliphatic rings. The van der Waals surface area contributed by atoms with Crippen molar-refractivity contribution in [2.24, 2.45) is 0 Å². The number of hydrogen-bond donors (Lipinski definition) is 2. The van der Waals surface area contributed by atoms with Crippen molar-refractivity contribution in [1.82, 2.24) is 20.2 Å². The molecule has 2 N–H and O–H groups in total. The van der Waals surface area contributed by atoms with Gasteiger partial charge >= 0.3 is 5.97 Å². The van der Waals surface area contributed by atoms with Crippen LogP contribution in [0.2, 0.25) is 0 Å². The molecule has 6 heteroatoms. The van der Waals surface area contributed by atoms with Crippen LogP contribution in [0.3, 0.4) is 0 Å². The van der Waals surface area contributed by atoms with E-state index in [2.05, 4.69) is 46.1 Å². The number of hydrogen-bond acceptors (Lipinski definition) is 4. The van der Waals surface area contributed by atoms with E-state index in [0.717, 1.165) is 11.0 Å². The first kappa shape index (κ1) is 16.1. The van der Waals surface area contributed by atoms with Gasteiger partial charge in [0.2, 0.25) is 0 Å². The topological polar surface area (TPSA) is 83.7 Å². The number of nitrogens with zero attached hydrogens (tertiary/aromatic N) is 2. The third kappa shape index (κ3) is 3.21. The fraction of sp³-hybridized carbons (Fsp3) is 0.150. The van der Waals surface area contributed by atoms with Crippen molar-refractivity contribution < 1.29 is 9.53 Å². The Balaban J connectivity index is 1.52. The monoisotopic (exact) mass is 346 g/mol. The Kier molecular flexibility index (Phi) is 4.01. The standard InChI is InChI=1S/C20H18N4O2/c1-12-8-16-17(9-13(12)2)22-20(21-16)18-10-14(23-24-18)11-19(25)26-15-6-4-3-5-7-15/h3-10H,11H2,1-2H3,(H,21,22)(H,23,24). The smallest absolute Gasteiger partial charge is 0.317 e. The van der Waals surface area contributed by atoms with Crippen molar-refractivity contribution in [1.29, 1.82) is 0 Å². The van der Waals surface area contributed by atoms with E-state index in [1.165, 1.54) is 11.1 Å². The van der Waals surface area contributed by atoms with Crippen LogP contribution >= 0.6 is 0 Å². The number of fused-ring (bicyclic) bond motifs is 1. The summed E-state index contributed by atoms with van der Waals surface area (Å²) >= 11 is 0. The van der Waals surface area contributed by atoms with Crippen LogP contribution in [-0.4, -0.2) is 26.1 Å². The Labute approximate surface area is 150 Å². The van der Waals surface area contributed by atoms with Gasteiger partial charge in [-0.3, -0.25) is 9.89 Å². The first-order valence-corrected chi connectivity index (χ1v) is 8.36. The van der Waals surface area contributed by atoms with Gasteiger partial charge < -0.3 is 9.72 Å². The second-order valence-electron chi connectivity index (χ2n) is 6.28. The van der Waals surface area contributed by atoms with Crippen LogP contribution in [0.1, 0.15) is 16.8 Å². The minimum Gasteiger partial charge on any atom is -0.426 e. The number of rotatable bonds is 4. The summed E-state index contributed by atoms with van der Waals surface area (Å²) in [6.45, 7) is 4.13. The van der Waals surface area contributed by atoms with E-state index in [4.69, 9.17) is 4.74 Å². The minimum absolute atomic E-state index is 0.111. The van der Waals surface area contributed by atoms with E-state index < -0.39 is 0 Å². The van der Waals surface area contributed by atoms with Crippen LogP contribution in [0, 0.1) is 13.8 Å². The molecule has 0 unspecified atom stereocenters. The molecule has 0 saturated heterocycles. The first-order chi connectivity index (χ1) is 12.6. The minimum atomic E-state index is -0.345. The molecule has 2 aromatic carbocycles. The van der Waals surface area contributed by atoms with Crippen molar-refractivity contribution in [3.8, 4) is 17.3 Å². The summed E-state index contributed by atoms with van der Waals surface area (Å²) < 4.78 is 5.30. The maximum atomic E-state index is 12.1. The molecule has 0 atom stereocenters. The van der Waals surface area contributed by atoms with E-state index in [0.29, 0.717) is 23.0 Å². The van der Waals surface area contributed by atoms with Gasteiger partial charge in [-0.15, -0.1) is 0 Å². The van der Waals surface area contributed by atoms with Gasteiger partial charge in [-0.1, -0.05) is 18.2 Å². The number of esters is 1. The molecular formula is C20H18N4O2. The summed E-state index contributed by atoms with van der Waals surface area (Å²) in [7, 11) is 0. The average Bonchev–Trinajstić information content (AvgIpc) is 3.23. The van der Waals surface area contributed by atoms with E-state index in [1.807, 2.05) is 24.3 Å². The highest BCUT2D eigenvalue weighted by Crippen LogP contribution is 2.22. The molecular weight excluding hydrogens is 328 g/mol. The summed E-state index contributed by atoms with van der Waals surface area (Å²) in [5, 5.41) is 7.14. The molecule has 0 aliphatic carbocycles. The highest BCUT2D eigenvalue weighted by molar-refractivity contribution is 5.80. The van der Waals surface area contributed by atoms with Gasteiger partial charge in [0, 0.05) is 5.69 Å². The zero-order chi connectivity index (χ0) is 18.1. The molecule has 4 aromatic rings. The molecule has 26 heavy (non-hydrogen) atoms. The summed E-state index contributed by atoms with van der Waals surface area (Å²) in [6.07, 6.45) is 0.111. The summed E-state index contributed by atoms with van der Waals surface area (Å²) in [5.41, 5.74) is 5.61. The maximum Gasteiger partial charge on any atom is 0.317 e. The Morgan fingerprint density at radius 1 is 1.08 bits per heavy atom. The number of aromatic amines is 2. The van der Waals surface area contributed by atoms with Gasteiger partial charge in [-0.2, -0.15) is 5.10 Å². The molecule has 130 valence electrons. The number of carbonyl (C=O) groups excluding carboxylic acids is 1. The number of aryl methyl sites for hydroxylation is 2. The SMILES string of the molecule is Cc1cc2nc(-c3cc(CC(=O)Oc4ccccc4)[nH]n3)[nH]c2cc1C. The highest BCUT2D eigenvalue weighted by atomic mass is 16.5. The molecule has 0 radical (unpaired) electrons. The fourth-order valence-corrected chi connectivity index (χ4v) is 2.78. The molecule has 0 bridgehead atoms. The Morgan fingerprint density at radius 2 is 1.85 bits per heavy atom. The van der Waals surface area contributed by atoms with Crippen LogP contribution in [0.5, 0.6) is 5.75 Å². The zero-order valence-corrected chi connectivity index (χ0v) is 14.5. The lowest BCUT2D eigenvalue weighted by Crippen LogP contribution is -2.11. The number of H-pyrrole nitrogens is 2. The van der Waals surface area contributed by atoms with Gasteiger partial charge in [0.25, 0.3) is 0 Å². The molecule has 0 amide bonds. The molecule has 0 fully saturated rings.